The number of aromatic nitrogens is 1. The van der Waals surface area contributed by atoms with Crippen LogP contribution in [0.2, 0.25) is 0 Å². The molecular weight excluding hydrogens is 376 g/mol. The summed E-state index contributed by atoms with van der Waals surface area (Å²) in [5.74, 6) is 0.263. The van der Waals surface area contributed by atoms with Crippen molar-refractivity contribution in [3.8, 4) is 0 Å². The third-order valence-corrected chi connectivity index (χ3v) is 6.12. The van der Waals surface area contributed by atoms with Crippen LogP contribution in [0.15, 0.2) is 84.9 Å². The van der Waals surface area contributed by atoms with E-state index in [1.165, 1.54) is 0 Å². The maximum Gasteiger partial charge on any atom is 0.254 e. The van der Waals surface area contributed by atoms with Gasteiger partial charge in [-0.05, 0) is 35.7 Å². The minimum absolute atomic E-state index is 0.0346. The van der Waals surface area contributed by atoms with Crippen LogP contribution in [0.5, 0.6) is 0 Å². The Morgan fingerprint density at radius 1 is 0.897 bits per heavy atom. The van der Waals surface area contributed by atoms with E-state index >= 15 is 0 Å². The molecule has 1 unspecified atom stereocenters. The Morgan fingerprint density at radius 2 is 1.52 bits per heavy atom. The minimum Gasteiger partial charge on any atom is -0.325 e. The first-order chi connectivity index (χ1) is 14.1. The smallest absolute Gasteiger partial charge is 0.254 e. The number of fused-ring (bicyclic) bond motifs is 1. The molecule has 0 aliphatic carbocycles. The summed E-state index contributed by atoms with van der Waals surface area (Å²) in [6, 6.07) is 27.8. The monoisotopic (exact) mass is 400 g/mol. The highest BCUT2D eigenvalue weighted by atomic mass is 32.1. The van der Waals surface area contributed by atoms with Gasteiger partial charge in [-0.2, -0.15) is 0 Å². The average molecular weight is 401 g/mol. The molecule has 0 aliphatic rings. The Bertz CT molecular complexity index is 1060. The van der Waals surface area contributed by atoms with Gasteiger partial charge in [0.05, 0.1) is 16.3 Å². The number of hydrogen-bond acceptors (Lipinski definition) is 3. The Morgan fingerprint density at radius 3 is 2.17 bits per heavy atom. The van der Waals surface area contributed by atoms with E-state index in [9.17, 15) is 4.79 Å². The first-order valence-electron chi connectivity index (χ1n) is 9.89. The lowest BCUT2D eigenvalue weighted by atomic mass is 10.0. The summed E-state index contributed by atoms with van der Waals surface area (Å²) in [6.07, 6.45) is 0. The van der Waals surface area contributed by atoms with Crippen LogP contribution in [0.3, 0.4) is 0 Å². The van der Waals surface area contributed by atoms with Crippen molar-refractivity contribution in [1.29, 1.82) is 0 Å². The summed E-state index contributed by atoms with van der Waals surface area (Å²) in [4.78, 5) is 20.5. The molecule has 1 amide bonds. The van der Waals surface area contributed by atoms with Gasteiger partial charge < -0.3 is 4.90 Å². The number of thiazole rings is 1. The van der Waals surface area contributed by atoms with Gasteiger partial charge in [0, 0.05) is 12.1 Å². The van der Waals surface area contributed by atoms with Gasteiger partial charge in [-0.1, -0.05) is 74.5 Å². The average Bonchev–Trinajstić information content (AvgIpc) is 3.17. The largest absolute Gasteiger partial charge is 0.325 e. The van der Waals surface area contributed by atoms with E-state index in [4.69, 9.17) is 4.98 Å². The zero-order chi connectivity index (χ0) is 20.2. The van der Waals surface area contributed by atoms with Gasteiger partial charge in [-0.3, -0.25) is 4.79 Å². The van der Waals surface area contributed by atoms with Crippen molar-refractivity contribution in [3.05, 3.63) is 101 Å². The zero-order valence-corrected chi connectivity index (χ0v) is 17.5. The SMILES string of the molecule is CC(C)C(c1nc2ccccc2s1)N(Cc1ccccc1)C(=O)c1ccccc1. The molecule has 0 fully saturated rings. The maximum absolute atomic E-state index is 13.6. The molecule has 4 rings (SSSR count). The van der Waals surface area contributed by atoms with Crippen LogP contribution in [-0.2, 0) is 6.54 Å². The molecule has 1 atom stereocenters. The number of para-hydroxylation sites is 1. The van der Waals surface area contributed by atoms with Crippen molar-refractivity contribution < 1.29 is 4.79 Å². The standard InChI is InChI=1S/C25H24N2OS/c1-18(2)23(24-26-21-15-9-10-16-22(21)29-24)27(17-19-11-5-3-6-12-19)25(28)20-13-7-4-8-14-20/h3-16,18,23H,17H2,1-2H3. The van der Waals surface area contributed by atoms with Crippen LogP contribution in [0, 0.1) is 5.92 Å². The minimum atomic E-state index is -0.0969. The lowest BCUT2D eigenvalue weighted by molar-refractivity contribution is 0.0601. The Labute approximate surface area is 175 Å². The number of nitrogens with zero attached hydrogens (tertiary/aromatic N) is 2. The summed E-state index contributed by atoms with van der Waals surface area (Å²) >= 11 is 1.68. The molecule has 4 heteroatoms. The summed E-state index contributed by atoms with van der Waals surface area (Å²) < 4.78 is 1.15. The fraction of sp³-hybridized carbons (Fsp3) is 0.200. The van der Waals surface area contributed by atoms with Crippen LogP contribution in [-0.4, -0.2) is 15.8 Å². The van der Waals surface area contributed by atoms with E-state index in [0.29, 0.717) is 12.1 Å². The predicted octanol–water partition coefficient (Wildman–Crippen LogP) is 6.34. The topological polar surface area (TPSA) is 33.2 Å². The van der Waals surface area contributed by atoms with Crippen molar-refractivity contribution in [2.24, 2.45) is 5.92 Å². The lowest BCUT2D eigenvalue weighted by Crippen LogP contribution is -2.37. The van der Waals surface area contributed by atoms with E-state index < -0.39 is 0 Å². The highest BCUT2D eigenvalue weighted by molar-refractivity contribution is 7.18. The van der Waals surface area contributed by atoms with E-state index in [-0.39, 0.29) is 17.9 Å². The van der Waals surface area contributed by atoms with Crippen molar-refractivity contribution in [3.63, 3.8) is 0 Å². The second-order valence-corrected chi connectivity index (χ2v) is 8.56. The van der Waals surface area contributed by atoms with Crippen LogP contribution >= 0.6 is 11.3 Å². The Balaban J connectivity index is 1.78. The second-order valence-electron chi connectivity index (χ2n) is 7.49. The molecule has 146 valence electrons. The fourth-order valence-corrected chi connectivity index (χ4v) is 4.87. The van der Waals surface area contributed by atoms with Gasteiger partial charge in [0.2, 0.25) is 0 Å². The number of benzene rings is 3. The van der Waals surface area contributed by atoms with Gasteiger partial charge in [-0.15, -0.1) is 11.3 Å². The van der Waals surface area contributed by atoms with Crippen LogP contribution < -0.4 is 0 Å². The van der Waals surface area contributed by atoms with Gasteiger partial charge in [0.15, 0.2) is 0 Å². The van der Waals surface area contributed by atoms with Crippen LogP contribution in [0.4, 0.5) is 0 Å². The Kier molecular flexibility index (Phi) is 5.72. The van der Waals surface area contributed by atoms with Crippen LogP contribution in [0.1, 0.15) is 40.8 Å². The highest BCUT2D eigenvalue weighted by Crippen LogP contribution is 2.36. The van der Waals surface area contributed by atoms with Crippen molar-refractivity contribution in [1.82, 2.24) is 9.88 Å². The summed E-state index contributed by atoms with van der Waals surface area (Å²) in [6.45, 7) is 4.87. The number of hydrogen-bond donors (Lipinski definition) is 0. The molecular formula is C25H24N2OS. The Hall–Kier alpha value is -2.98. The molecule has 0 bridgehead atoms. The summed E-state index contributed by atoms with van der Waals surface area (Å²) in [5.41, 5.74) is 2.81. The quantitative estimate of drug-likeness (QED) is 0.378. The van der Waals surface area contributed by atoms with Gasteiger partial charge >= 0.3 is 0 Å². The molecule has 29 heavy (non-hydrogen) atoms. The molecule has 1 heterocycles. The number of carbonyl (C=O) groups excluding carboxylic acids is 1. The zero-order valence-electron chi connectivity index (χ0n) is 16.7. The van der Waals surface area contributed by atoms with Crippen LogP contribution in [0.25, 0.3) is 10.2 Å². The van der Waals surface area contributed by atoms with Gasteiger partial charge in [0.25, 0.3) is 5.91 Å². The summed E-state index contributed by atoms with van der Waals surface area (Å²) in [7, 11) is 0. The molecule has 0 radical (unpaired) electrons. The van der Waals surface area contributed by atoms with Crippen molar-refractivity contribution in [2.75, 3.05) is 0 Å². The molecule has 1 aromatic heterocycles. The first-order valence-corrected chi connectivity index (χ1v) is 10.7. The molecule has 3 nitrogen and oxygen atoms in total. The van der Waals surface area contributed by atoms with Gasteiger partial charge in [-0.25, -0.2) is 4.98 Å². The number of rotatable bonds is 6. The fourth-order valence-electron chi connectivity index (χ4n) is 3.62. The highest BCUT2D eigenvalue weighted by Gasteiger charge is 2.31. The molecule has 3 aromatic carbocycles. The molecule has 0 aliphatic heterocycles. The third kappa shape index (κ3) is 4.22. The summed E-state index contributed by atoms with van der Waals surface area (Å²) in [5, 5.41) is 0.987. The second kappa shape index (κ2) is 8.58. The van der Waals surface area contributed by atoms with E-state index in [1.54, 1.807) is 11.3 Å². The van der Waals surface area contributed by atoms with E-state index in [0.717, 1.165) is 20.8 Å². The molecule has 0 N–H and O–H groups in total. The van der Waals surface area contributed by atoms with Gasteiger partial charge in [0.1, 0.15) is 5.01 Å². The number of amides is 1. The first kappa shape index (κ1) is 19.3. The van der Waals surface area contributed by atoms with Crippen molar-refractivity contribution >= 4 is 27.5 Å². The molecule has 0 saturated heterocycles. The van der Waals surface area contributed by atoms with Crippen molar-refractivity contribution in [2.45, 2.75) is 26.4 Å². The normalized spacial score (nSPS) is 12.2. The van der Waals surface area contributed by atoms with E-state index in [2.05, 4.69) is 32.0 Å². The third-order valence-electron chi connectivity index (χ3n) is 5.01. The molecule has 4 aromatic rings. The predicted molar refractivity (Wildman–Crippen MR) is 120 cm³/mol. The van der Waals surface area contributed by atoms with E-state index in [1.807, 2.05) is 71.6 Å². The number of carbonyl (C=O) groups is 1. The molecule has 0 saturated carbocycles. The molecule has 0 spiro atoms. The lowest BCUT2D eigenvalue weighted by Gasteiger charge is -2.33. The maximum atomic E-state index is 13.6.